The Morgan fingerprint density at radius 1 is 0.944 bits per heavy atom. The molecule has 8 heteroatoms. The summed E-state index contributed by atoms with van der Waals surface area (Å²) in [6.45, 7) is 2.51. The number of amides is 2. The molecule has 1 atom stereocenters. The first-order valence-corrected chi connectivity index (χ1v) is 11.9. The first-order chi connectivity index (χ1) is 17.6. The van der Waals surface area contributed by atoms with Gasteiger partial charge in [0.15, 0.2) is 17.6 Å². The van der Waals surface area contributed by atoms with Crippen LogP contribution in [0.4, 0.5) is 5.69 Å². The zero-order chi connectivity index (χ0) is 24.9. The van der Waals surface area contributed by atoms with Gasteiger partial charge in [-0.15, -0.1) is 0 Å². The predicted octanol–water partition coefficient (Wildman–Crippen LogP) is 3.54. The lowest BCUT2D eigenvalue weighted by molar-refractivity contribution is -0.142. The maximum atomic E-state index is 13.7. The molecule has 2 heterocycles. The van der Waals surface area contributed by atoms with Gasteiger partial charge in [-0.3, -0.25) is 9.59 Å². The third kappa shape index (κ3) is 4.99. The smallest absolute Gasteiger partial charge is 0.265 e. The topological polar surface area (TPSA) is 77.5 Å². The van der Waals surface area contributed by atoms with Crippen molar-refractivity contribution in [3.8, 4) is 17.2 Å². The van der Waals surface area contributed by atoms with Crippen molar-refractivity contribution in [2.75, 3.05) is 44.9 Å². The lowest BCUT2D eigenvalue weighted by Gasteiger charge is -2.37. The molecule has 1 fully saturated rings. The number of hydrogen-bond donors (Lipinski definition) is 0. The van der Waals surface area contributed by atoms with Gasteiger partial charge in [0.2, 0.25) is 0 Å². The Hall–Kier alpha value is -4.04. The van der Waals surface area contributed by atoms with Crippen LogP contribution in [-0.4, -0.2) is 62.8 Å². The number of benzene rings is 3. The average molecular weight is 489 g/mol. The Balaban J connectivity index is 1.37. The molecular formula is C28H28N2O6. The third-order valence-corrected chi connectivity index (χ3v) is 6.26. The normalized spacial score (nSPS) is 17.1. The fourth-order valence-corrected chi connectivity index (χ4v) is 4.35. The Morgan fingerprint density at radius 2 is 1.69 bits per heavy atom. The van der Waals surface area contributed by atoms with Gasteiger partial charge in [-0.1, -0.05) is 42.5 Å². The van der Waals surface area contributed by atoms with Gasteiger partial charge in [0.05, 0.1) is 32.6 Å². The molecule has 5 rings (SSSR count). The van der Waals surface area contributed by atoms with Crippen LogP contribution in [0.2, 0.25) is 0 Å². The number of fused-ring (bicyclic) bond motifs is 1. The van der Waals surface area contributed by atoms with Crippen molar-refractivity contribution in [1.82, 2.24) is 4.90 Å². The van der Waals surface area contributed by atoms with E-state index in [2.05, 4.69) is 0 Å². The number of morpholine rings is 1. The molecule has 0 N–H and O–H groups in total. The van der Waals surface area contributed by atoms with Gasteiger partial charge in [-0.25, -0.2) is 0 Å². The highest BCUT2D eigenvalue weighted by molar-refractivity contribution is 6.08. The van der Waals surface area contributed by atoms with Gasteiger partial charge < -0.3 is 28.7 Å². The number of carbonyl (C=O) groups excluding carboxylic acids is 2. The average Bonchev–Trinajstić information content (AvgIpc) is 2.95. The molecule has 0 spiro atoms. The van der Waals surface area contributed by atoms with E-state index in [4.69, 9.17) is 18.9 Å². The zero-order valence-electron chi connectivity index (χ0n) is 20.1. The molecule has 0 aliphatic carbocycles. The minimum absolute atomic E-state index is 0.112. The number of carbonyl (C=O) groups is 2. The number of para-hydroxylation sites is 2. The second-order valence-electron chi connectivity index (χ2n) is 8.57. The van der Waals surface area contributed by atoms with Gasteiger partial charge in [0, 0.05) is 18.7 Å². The molecule has 0 saturated carbocycles. The standard InChI is InChI=1S/C28H28N2O6/c1-33-25-17-21(11-12-24(25)35-19-20-7-3-2-4-8-20)27(31)30-18-26(28(32)29-13-15-34-16-14-29)36-23-10-6-5-9-22(23)30/h2-12,17,26H,13-16,18-19H2,1H3/t26-/m0/s1. The first-order valence-electron chi connectivity index (χ1n) is 11.9. The maximum absolute atomic E-state index is 13.7. The van der Waals surface area contributed by atoms with Gasteiger partial charge >= 0.3 is 0 Å². The summed E-state index contributed by atoms with van der Waals surface area (Å²) >= 11 is 0. The minimum atomic E-state index is -0.794. The molecule has 1 saturated heterocycles. The van der Waals surface area contributed by atoms with Gasteiger partial charge in [0.25, 0.3) is 11.8 Å². The summed E-state index contributed by atoms with van der Waals surface area (Å²) in [5.41, 5.74) is 2.07. The molecule has 8 nitrogen and oxygen atoms in total. The van der Waals surface area contributed by atoms with Crippen molar-refractivity contribution >= 4 is 17.5 Å². The minimum Gasteiger partial charge on any atom is -0.493 e. The third-order valence-electron chi connectivity index (χ3n) is 6.26. The van der Waals surface area contributed by atoms with E-state index in [0.717, 1.165) is 5.56 Å². The largest absolute Gasteiger partial charge is 0.493 e. The van der Waals surface area contributed by atoms with Crippen molar-refractivity contribution in [3.63, 3.8) is 0 Å². The van der Waals surface area contributed by atoms with Crippen LogP contribution < -0.4 is 19.1 Å². The van der Waals surface area contributed by atoms with Crippen LogP contribution in [0.3, 0.4) is 0 Å². The number of ether oxygens (including phenoxy) is 4. The van der Waals surface area contributed by atoms with Crippen molar-refractivity contribution in [2.45, 2.75) is 12.7 Å². The van der Waals surface area contributed by atoms with Crippen LogP contribution in [0.1, 0.15) is 15.9 Å². The van der Waals surface area contributed by atoms with Crippen molar-refractivity contribution < 1.29 is 28.5 Å². The monoisotopic (exact) mass is 488 g/mol. The van der Waals surface area contributed by atoms with Crippen LogP contribution in [0.25, 0.3) is 0 Å². The molecule has 3 aromatic rings. The highest BCUT2D eigenvalue weighted by Gasteiger charge is 2.36. The van der Waals surface area contributed by atoms with Crippen LogP contribution in [0, 0.1) is 0 Å². The Kier molecular flexibility index (Phi) is 7.04. The molecule has 0 unspecified atom stereocenters. The molecule has 0 bridgehead atoms. The summed E-state index contributed by atoms with van der Waals surface area (Å²) in [5.74, 6) is 1.10. The summed E-state index contributed by atoms with van der Waals surface area (Å²) in [7, 11) is 1.54. The van der Waals surface area contributed by atoms with Crippen LogP contribution in [0.5, 0.6) is 17.2 Å². The molecular weight excluding hydrogens is 460 g/mol. The van der Waals surface area contributed by atoms with E-state index in [1.54, 1.807) is 41.2 Å². The van der Waals surface area contributed by atoms with E-state index >= 15 is 0 Å². The molecule has 2 aliphatic heterocycles. The van der Waals surface area contributed by atoms with Crippen LogP contribution in [-0.2, 0) is 16.1 Å². The number of hydrogen-bond acceptors (Lipinski definition) is 6. The second kappa shape index (κ2) is 10.7. The number of nitrogens with zero attached hydrogens (tertiary/aromatic N) is 2. The van der Waals surface area contributed by atoms with E-state index in [9.17, 15) is 9.59 Å². The molecule has 36 heavy (non-hydrogen) atoms. The van der Waals surface area contributed by atoms with Gasteiger partial charge in [-0.05, 0) is 35.9 Å². The lowest BCUT2D eigenvalue weighted by Crippen LogP contribution is -2.54. The van der Waals surface area contributed by atoms with Gasteiger partial charge in [0.1, 0.15) is 12.4 Å². The first kappa shape index (κ1) is 23.7. The van der Waals surface area contributed by atoms with Crippen LogP contribution in [0.15, 0.2) is 72.8 Å². The van der Waals surface area contributed by atoms with Gasteiger partial charge in [-0.2, -0.15) is 0 Å². The summed E-state index contributed by atoms with van der Waals surface area (Å²) in [5, 5.41) is 0. The summed E-state index contributed by atoms with van der Waals surface area (Å²) in [6.07, 6.45) is -0.794. The van der Waals surface area contributed by atoms with Crippen molar-refractivity contribution in [1.29, 1.82) is 0 Å². The Labute approximate surface area is 209 Å². The van der Waals surface area contributed by atoms with E-state index in [0.29, 0.717) is 61.4 Å². The maximum Gasteiger partial charge on any atom is 0.265 e. The fourth-order valence-electron chi connectivity index (χ4n) is 4.35. The summed E-state index contributed by atoms with van der Waals surface area (Å²) in [6, 6.07) is 22.2. The fraction of sp³-hybridized carbons (Fsp3) is 0.286. The number of methoxy groups -OCH3 is 1. The SMILES string of the molecule is COc1cc(C(=O)N2C[C@@H](C(=O)N3CCOCC3)Oc3ccccc32)ccc1OCc1ccccc1. The predicted molar refractivity (Wildman–Crippen MR) is 134 cm³/mol. The number of rotatable bonds is 6. The zero-order valence-corrected chi connectivity index (χ0v) is 20.1. The highest BCUT2D eigenvalue weighted by atomic mass is 16.5. The Morgan fingerprint density at radius 3 is 2.47 bits per heavy atom. The summed E-state index contributed by atoms with van der Waals surface area (Å²) < 4.78 is 22.9. The van der Waals surface area contributed by atoms with Crippen LogP contribution >= 0.6 is 0 Å². The summed E-state index contributed by atoms with van der Waals surface area (Å²) in [4.78, 5) is 30.2. The quantitative estimate of drug-likeness (QED) is 0.528. The Bertz CT molecular complexity index is 1230. The van der Waals surface area contributed by atoms with Crippen molar-refractivity contribution in [3.05, 3.63) is 83.9 Å². The molecule has 0 aromatic heterocycles. The van der Waals surface area contributed by atoms with E-state index in [-0.39, 0.29) is 18.4 Å². The molecule has 2 aliphatic rings. The molecule has 186 valence electrons. The van der Waals surface area contributed by atoms with E-state index in [1.807, 2.05) is 48.5 Å². The second-order valence-corrected chi connectivity index (χ2v) is 8.57. The number of anilines is 1. The lowest BCUT2D eigenvalue weighted by atomic mass is 10.1. The highest BCUT2D eigenvalue weighted by Crippen LogP contribution is 2.36. The molecule has 0 radical (unpaired) electrons. The van der Waals surface area contributed by atoms with E-state index < -0.39 is 6.10 Å². The molecule has 3 aromatic carbocycles. The molecule has 2 amide bonds. The van der Waals surface area contributed by atoms with Crippen molar-refractivity contribution in [2.24, 2.45) is 0 Å². The van der Waals surface area contributed by atoms with E-state index in [1.165, 1.54) is 0 Å².